The second-order valence-electron chi connectivity index (χ2n) is 8.12. The number of hydrogen-bond acceptors (Lipinski definition) is 2. The normalized spacial score (nSPS) is 27.8. The van der Waals surface area contributed by atoms with E-state index in [0.717, 1.165) is 63.4 Å². The molecule has 25 heavy (non-hydrogen) atoms. The molecule has 0 aromatic heterocycles. The van der Waals surface area contributed by atoms with Crippen LogP contribution in [0.2, 0.25) is 0 Å². The van der Waals surface area contributed by atoms with Crippen molar-refractivity contribution >= 4 is 11.8 Å². The smallest absolute Gasteiger partial charge is 0.230 e. The number of carbonyl (C=O) groups is 2. The Bertz CT molecular complexity index is 635. The van der Waals surface area contributed by atoms with Crippen LogP contribution in [0.15, 0.2) is 30.3 Å². The maximum atomic E-state index is 13.1. The van der Waals surface area contributed by atoms with Gasteiger partial charge in [0.1, 0.15) is 0 Å². The highest BCUT2D eigenvalue weighted by atomic mass is 16.2. The van der Waals surface area contributed by atoms with Gasteiger partial charge in [0.2, 0.25) is 11.8 Å². The van der Waals surface area contributed by atoms with Gasteiger partial charge in [0.15, 0.2) is 0 Å². The van der Waals surface area contributed by atoms with Crippen molar-refractivity contribution in [3.8, 4) is 0 Å². The molecule has 3 aliphatic carbocycles. The van der Waals surface area contributed by atoms with Crippen molar-refractivity contribution in [2.45, 2.75) is 75.3 Å². The molecule has 0 bridgehead atoms. The molecule has 2 N–H and O–H groups in total. The van der Waals surface area contributed by atoms with Crippen LogP contribution >= 0.6 is 0 Å². The van der Waals surface area contributed by atoms with Crippen LogP contribution in [-0.4, -0.2) is 23.9 Å². The largest absolute Gasteiger partial charge is 0.353 e. The molecule has 0 heterocycles. The summed E-state index contributed by atoms with van der Waals surface area (Å²) in [4.78, 5) is 25.4. The summed E-state index contributed by atoms with van der Waals surface area (Å²) in [5.41, 5.74) is 0.794. The van der Waals surface area contributed by atoms with Gasteiger partial charge in [-0.15, -0.1) is 0 Å². The van der Waals surface area contributed by atoms with Crippen LogP contribution in [0.5, 0.6) is 0 Å². The van der Waals surface area contributed by atoms with E-state index in [2.05, 4.69) is 22.8 Å². The van der Waals surface area contributed by atoms with Crippen molar-refractivity contribution in [3.63, 3.8) is 0 Å². The van der Waals surface area contributed by atoms with Crippen molar-refractivity contribution in [1.82, 2.24) is 10.6 Å². The van der Waals surface area contributed by atoms with Gasteiger partial charge in [-0.3, -0.25) is 9.59 Å². The van der Waals surface area contributed by atoms with Gasteiger partial charge in [-0.05, 0) is 50.5 Å². The van der Waals surface area contributed by atoms with Crippen LogP contribution < -0.4 is 10.6 Å². The highest BCUT2D eigenvalue weighted by Crippen LogP contribution is 2.44. The lowest BCUT2D eigenvalue weighted by atomic mass is 9.63. The molecule has 2 amide bonds. The van der Waals surface area contributed by atoms with Crippen molar-refractivity contribution in [2.75, 3.05) is 0 Å². The van der Waals surface area contributed by atoms with E-state index >= 15 is 0 Å². The maximum Gasteiger partial charge on any atom is 0.230 e. The summed E-state index contributed by atoms with van der Waals surface area (Å²) in [6, 6.07) is 10.7. The first-order valence-corrected chi connectivity index (χ1v) is 9.84. The molecule has 0 radical (unpaired) electrons. The van der Waals surface area contributed by atoms with Crippen LogP contribution in [0.1, 0.15) is 63.4 Å². The Hall–Kier alpha value is -1.84. The summed E-state index contributed by atoms with van der Waals surface area (Å²) in [6.07, 6.45) is 8.97. The summed E-state index contributed by atoms with van der Waals surface area (Å²) in [5.74, 6) is 0.426. The molecule has 3 saturated carbocycles. The molecular weight excluding hydrogens is 312 g/mol. The third-order valence-electron chi connectivity index (χ3n) is 6.27. The van der Waals surface area contributed by atoms with Crippen LogP contribution in [-0.2, 0) is 15.0 Å². The fraction of sp³-hybridized carbons (Fsp3) is 0.619. The van der Waals surface area contributed by atoms with Crippen molar-refractivity contribution in [2.24, 2.45) is 5.92 Å². The van der Waals surface area contributed by atoms with Crippen LogP contribution in [0.3, 0.4) is 0 Å². The van der Waals surface area contributed by atoms with E-state index in [4.69, 9.17) is 0 Å². The lowest BCUT2D eigenvalue weighted by Crippen LogP contribution is -2.53. The van der Waals surface area contributed by atoms with Crippen LogP contribution in [0, 0.1) is 5.92 Å². The average molecular weight is 340 g/mol. The fourth-order valence-corrected chi connectivity index (χ4v) is 4.36. The molecule has 4 heteroatoms. The molecular formula is C21H28N2O2. The Morgan fingerprint density at radius 3 is 2.28 bits per heavy atom. The standard InChI is InChI=1S/C21H28N2O2/c24-19(22-17-10-11-17)15-6-4-9-18(14-15)23-20(25)21(12-5-13-21)16-7-2-1-3-8-16/h1-3,7-8,15,17-18H,4-6,9-14H2,(H,22,24)(H,23,25)/t15-,18-/m1/s1. The molecule has 3 fully saturated rings. The molecule has 134 valence electrons. The molecule has 0 unspecified atom stereocenters. The maximum absolute atomic E-state index is 13.1. The minimum atomic E-state index is -0.343. The molecule has 0 aliphatic heterocycles. The molecule has 4 rings (SSSR count). The second kappa shape index (κ2) is 6.81. The SMILES string of the molecule is O=C(NC1CC1)[C@@H]1CCC[C@@H](NC(=O)C2(c3ccccc3)CCC2)C1. The monoisotopic (exact) mass is 340 g/mol. The Morgan fingerprint density at radius 2 is 1.64 bits per heavy atom. The van der Waals surface area contributed by atoms with Gasteiger partial charge in [-0.2, -0.15) is 0 Å². The first kappa shape index (κ1) is 16.6. The first-order valence-electron chi connectivity index (χ1n) is 9.84. The van der Waals surface area contributed by atoms with Gasteiger partial charge >= 0.3 is 0 Å². The summed E-state index contributed by atoms with van der Waals surface area (Å²) >= 11 is 0. The quantitative estimate of drug-likeness (QED) is 0.865. The van der Waals surface area contributed by atoms with E-state index in [9.17, 15) is 9.59 Å². The number of rotatable bonds is 5. The molecule has 4 nitrogen and oxygen atoms in total. The third kappa shape index (κ3) is 3.44. The summed E-state index contributed by atoms with van der Waals surface area (Å²) < 4.78 is 0. The predicted molar refractivity (Wildman–Crippen MR) is 97.0 cm³/mol. The van der Waals surface area contributed by atoms with Crippen molar-refractivity contribution in [3.05, 3.63) is 35.9 Å². The van der Waals surface area contributed by atoms with E-state index in [1.54, 1.807) is 0 Å². The zero-order valence-corrected chi connectivity index (χ0v) is 14.8. The van der Waals surface area contributed by atoms with Crippen LogP contribution in [0.4, 0.5) is 0 Å². The molecule has 0 spiro atoms. The van der Waals surface area contributed by atoms with E-state index in [1.165, 1.54) is 0 Å². The second-order valence-corrected chi connectivity index (χ2v) is 8.12. The third-order valence-corrected chi connectivity index (χ3v) is 6.27. The zero-order valence-electron chi connectivity index (χ0n) is 14.8. The van der Waals surface area contributed by atoms with Crippen LogP contribution in [0.25, 0.3) is 0 Å². The zero-order chi connectivity index (χ0) is 17.3. The lowest BCUT2D eigenvalue weighted by molar-refractivity contribution is -0.132. The Labute approximate surface area is 149 Å². The topological polar surface area (TPSA) is 58.2 Å². The van der Waals surface area contributed by atoms with E-state index in [-0.39, 0.29) is 29.2 Å². The minimum Gasteiger partial charge on any atom is -0.353 e. The van der Waals surface area contributed by atoms with Gasteiger partial charge in [0.25, 0.3) is 0 Å². The highest BCUT2D eigenvalue weighted by Gasteiger charge is 2.46. The van der Waals surface area contributed by atoms with Gasteiger partial charge in [-0.1, -0.05) is 43.2 Å². The number of nitrogens with one attached hydrogen (secondary N) is 2. The average Bonchev–Trinajstić information content (AvgIpc) is 3.39. The number of carbonyl (C=O) groups excluding carboxylic acids is 2. The van der Waals surface area contributed by atoms with Gasteiger partial charge < -0.3 is 10.6 Å². The molecule has 1 aromatic rings. The summed E-state index contributed by atoms with van der Waals surface area (Å²) in [6.45, 7) is 0. The lowest BCUT2D eigenvalue weighted by Gasteiger charge is -2.42. The molecule has 3 aliphatic rings. The first-order chi connectivity index (χ1) is 12.2. The number of amides is 2. The molecule has 1 aromatic carbocycles. The van der Waals surface area contributed by atoms with Gasteiger partial charge in [0.05, 0.1) is 5.41 Å². The Morgan fingerprint density at radius 1 is 0.880 bits per heavy atom. The summed E-state index contributed by atoms with van der Waals surface area (Å²) in [7, 11) is 0. The fourth-order valence-electron chi connectivity index (χ4n) is 4.36. The minimum absolute atomic E-state index is 0.0636. The Kier molecular flexibility index (Phi) is 4.53. The highest BCUT2D eigenvalue weighted by molar-refractivity contribution is 5.89. The van der Waals surface area contributed by atoms with Crippen molar-refractivity contribution in [1.29, 1.82) is 0 Å². The Balaban J connectivity index is 1.39. The van der Waals surface area contributed by atoms with Crippen molar-refractivity contribution < 1.29 is 9.59 Å². The molecule has 0 saturated heterocycles. The predicted octanol–water partition coefficient (Wildman–Crippen LogP) is 3.06. The van der Waals surface area contributed by atoms with Gasteiger partial charge in [0, 0.05) is 18.0 Å². The molecule has 2 atom stereocenters. The van der Waals surface area contributed by atoms with E-state index in [0.29, 0.717) is 6.04 Å². The van der Waals surface area contributed by atoms with E-state index in [1.807, 2.05) is 18.2 Å². The summed E-state index contributed by atoms with van der Waals surface area (Å²) in [5, 5.41) is 6.42. The number of benzene rings is 1. The number of hydrogen-bond donors (Lipinski definition) is 2. The van der Waals surface area contributed by atoms with Gasteiger partial charge in [-0.25, -0.2) is 0 Å². The van der Waals surface area contributed by atoms with E-state index < -0.39 is 0 Å².